The number of terminal acetylenes is 1. The third kappa shape index (κ3) is 4.77. The van der Waals surface area contributed by atoms with Gasteiger partial charge in [0.15, 0.2) is 11.5 Å². The maximum Gasteiger partial charge on any atom is 0.175 e. The van der Waals surface area contributed by atoms with Gasteiger partial charge in [-0.2, -0.15) is 0 Å². The van der Waals surface area contributed by atoms with Gasteiger partial charge in [0.25, 0.3) is 0 Å². The van der Waals surface area contributed by atoms with Crippen molar-refractivity contribution in [3.8, 4) is 23.8 Å². The van der Waals surface area contributed by atoms with E-state index in [0.717, 1.165) is 28.0 Å². The Morgan fingerprint density at radius 2 is 2.21 bits per heavy atom. The molecule has 1 N–H and O–H groups in total. The van der Waals surface area contributed by atoms with Crippen molar-refractivity contribution in [3.05, 3.63) is 22.2 Å². The topological polar surface area (TPSA) is 30.5 Å². The first-order valence-corrected chi connectivity index (χ1v) is 7.10. The van der Waals surface area contributed by atoms with E-state index in [2.05, 4.69) is 34.1 Å². The van der Waals surface area contributed by atoms with Crippen LogP contribution in [0.25, 0.3) is 0 Å². The summed E-state index contributed by atoms with van der Waals surface area (Å²) in [4.78, 5) is 0. The molecule has 0 aromatic heterocycles. The number of ether oxygens (including phenoxy) is 2. The van der Waals surface area contributed by atoms with E-state index in [4.69, 9.17) is 15.9 Å². The number of rotatable bonds is 7. The lowest BCUT2D eigenvalue weighted by atomic mass is 10.2. The molecule has 0 radical (unpaired) electrons. The average Bonchev–Trinajstić information content (AvgIpc) is 2.42. The molecule has 0 aliphatic carbocycles. The molecule has 1 aromatic carbocycles. The summed E-state index contributed by atoms with van der Waals surface area (Å²) in [7, 11) is 1.64. The van der Waals surface area contributed by atoms with Crippen LogP contribution in [0, 0.1) is 12.3 Å². The van der Waals surface area contributed by atoms with Gasteiger partial charge in [0.05, 0.1) is 24.2 Å². The second kappa shape index (κ2) is 8.08. The lowest BCUT2D eigenvalue weighted by molar-refractivity contribution is 0.292. The first kappa shape index (κ1) is 15.9. The van der Waals surface area contributed by atoms with E-state index < -0.39 is 0 Å². The van der Waals surface area contributed by atoms with Crippen molar-refractivity contribution in [2.75, 3.05) is 13.7 Å². The van der Waals surface area contributed by atoms with Crippen molar-refractivity contribution in [2.24, 2.45) is 0 Å². The molecule has 4 heteroatoms. The zero-order chi connectivity index (χ0) is 14.3. The molecule has 19 heavy (non-hydrogen) atoms. The van der Waals surface area contributed by atoms with Gasteiger partial charge in [-0.3, -0.25) is 5.32 Å². The van der Waals surface area contributed by atoms with Gasteiger partial charge in [-0.05, 0) is 47.0 Å². The molecule has 1 unspecified atom stereocenters. The maximum atomic E-state index is 5.69. The van der Waals surface area contributed by atoms with E-state index in [1.807, 2.05) is 19.1 Å². The first-order chi connectivity index (χ1) is 9.12. The second-order valence-corrected chi connectivity index (χ2v) is 5.08. The van der Waals surface area contributed by atoms with Crippen molar-refractivity contribution in [3.63, 3.8) is 0 Å². The van der Waals surface area contributed by atoms with Crippen LogP contribution in [0.3, 0.4) is 0 Å². The fourth-order valence-electron chi connectivity index (χ4n) is 1.55. The second-order valence-electron chi connectivity index (χ2n) is 4.23. The third-order valence-corrected chi connectivity index (χ3v) is 3.19. The minimum atomic E-state index is 0.0424. The molecule has 0 saturated carbocycles. The number of benzene rings is 1. The van der Waals surface area contributed by atoms with E-state index in [1.54, 1.807) is 7.11 Å². The van der Waals surface area contributed by atoms with Crippen LogP contribution in [0.2, 0.25) is 0 Å². The monoisotopic (exact) mass is 325 g/mol. The summed E-state index contributed by atoms with van der Waals surface area (Å²) < 4.78 is 12.0. The van der Waals surface area contributed by atoms with Crippen LogP contribution in [0.15, 0.2) is 16.6 Å². The summed E-state index contributed by atoms with van der Waals surface area (Å²) in [6.07, 6.45) is 6.29. The number of hydrogen-bond acceptors (Lipinski definition) is 3. The van der Waals surface area contributed by atoms with Crippen molar-refractivity contribution >= 4 is 15.9 Å². The molecule has 1 atom stereocenters. The third-order valence-electron chi connectivity index (χ3n) is 2.60. The van der Waals surface area contributed by atoms with Gasteiger partial charge in [-0.15, -0.1) is 6.42 Å². The molecular weight excluding hydrogens is 306 g/mol. The Balaban J connectivity index is 2.86. The molecule has 3 nitrogen and oxygen atoms in total. The van der Waals surface area contributed by atoms with Gasteiger partial charge in [0, 0.05) is 6.54 Å². The molecule has 1 aromatic rings. The quantitative estimate of drug-likeness (QED) is 0.780. The molecule has 104 valence electrons. The lowest BCUT2D eigenvalue weighted by Crippen LogP contribution is -2.23. The molecule has 0 fully saturated rings. The SMILES string of the molecule is C#CC(C)NCc1cc(Br)c(OCCC)c(OC)c1. The Bertz CT molecular complexity index is 454. The Kier molecular flexibility index (Phi) is 6.75. The highest BCUT2D eigenvalue weighted by atomic mass is 79.9. The van der Waals surface area contributed by atoms with Crippen LogP contribution in [0.1, 0.15) is 25.8 Å². The van der Waals surface area contributed by atoms with Crippen LogP contribution in [0.4, 0.5) is 0 Å². The molecule has 0 aliphatic heterocycles. The van der Waals surface area contributed by atoms with Gasteiger partial charge in [0.1, 0.15) is 0 Å². The molecular formula is C15H20BrNO2. The van der Waals surface area contributed by atoms with E-state index in [1.165, 1.54) is 0 Å². The van der Waals surface area contributed by atoms with E-state index in [0.29, 0.717) is 13.2 Å². The Labute approximate surface area is 123 Å². The van der Waals surface area contributed by atoms with E-state index in [9.17, 15) is 0 Å². The van der Waals surface area contributed by atoms with Gasteiger partial charge in [-0.25, -0.2) is 0 Å². The summed E-state index contributed by atoms with van der Waals surface area (Å²) in [5.41, 5.74) is 1.09. The summed E-state index contributed by atoms with van der Waals surface area (Å²) >= 11 is 3.52. The predicted octanol–water partition coefficient (Wildman–Crippen LogP) is 3.36. The largest absolute Gasteiger partial charge is 0.493 e. The predicted molar refractivity (Wildman–Crippen MR) is 81.6 cm³/mol. The molecule has 0 heterocycles. The van der Waals surface area contributed by atoms with Gasteiger partial charge < -0.3 is 9.47 Å². The lowest BCUT2D eigenvalue weighted by Gasteiger charge is -2.15. The van der Waals surface area contributed by atoms with Crippen LogP contribution in [-0.4, -0.2) is 19.8 Å². The molecule has 0 aliphatic rings. The molecule has 0 spiro atoms. The Morgan fingerprint density at radius 3 is 2.79 bits per heavy atom. The van der Waals surface area contributed by atoms with Gasteiger partial charge in [0.2, 0.25) is 0 Å². The molecule has 0 amide bonds. The summed E-state index contributed by atoms with van der Waals surface area (Å²) in [6.45, 7) is 5.37. The zero-order valence-electron chi connectivity index (χ0n) is 11.6. The molecule has 0 bridgehead atoms. The van der Waals surface area contributed by atoms with E-state index >= 15 is 0 Å². The van der Waals surface area contributed by atoms with Crippen LogP contribution >= 0.6 is 15.9 Å². The number of hydrogen-bond donors (Lipinski definition) is 1. The highest BCUT2D eigenvalue weighted by Gasteiger charge is 2.11. The zero-order valence-corrected chi connectivity index (χ0v) is 13.2. The Morgan fingerprint density at radius 1 is 1.47 bits per heavy atom. The highest BCUT2D eigenvalue weighted by Crippen LogP contribution is 2.36. The van der Waals surface area contributed by atoms with Crippen molar-refractivity contribution in [1.29, 1.82) is 0 Å². The van der Waals surface area contributed by atoms with Crippen LogP contribution < -0.4 is 14.8 Å². The smallest absolute Gasteiger partial charge is 0.175 e. The maximum absolute atomic E-state index is 5.69. The van der Waals surface area contributed by atoms with Crippen molar-refractivity contribution in [1.82, 2.24) is 5.32 Å². The normalized spacial score (nSPS) is 11.7. The summed E-state index contributed by atoms with van der Waals surface area (Å²) in [5, 5.41) is 3.24. The fraction of sp³-hybridized carbons (Fsp3) is 0.467. The standard InChI is InChI=1S/C15H20BrNO2/c1-5-7-19-15-13(16)8-12(9-14(15)18-4)10-17-11(3)6-2/h2,8-9,11,17H,5,7,10H2,1,3-4H3. The van der Waals surface area contributed by atoms with Crippen molar-refractivity contribution in [2.45, 2.75) is 32.9 Å². The number of methoxy groups -OCH3 is 1. The molecule has 0 saturated heterocycles. The Hall–Kier alpha value is -1.18. The highest BCUT2D eigenvalue weighted by molar-refractivity contribution is 9.10. The van der Waals surface area contributed by atoms with Crippen molar-refractivity contribution < 1.29 is 9.47 Å². The summed E-state index contributed by atoms with van der Waals surface area (Å²) in [5.74, 6) is 4.12. The van der Waals surface area contributed by atoms with Crippen LogP contribution in [-0.2, 0) is 6.54 Å². The average molecular weight is 326 g/mol. The number of nitrogens with one attached hydrogen (secondary N) is 1. The van der Waals surface area contributed by atoms with E-state index in [-0.39, 0.29) is 6.04 Å². The van der Waals surface area contributed by atoms with Gasteiger partial charge in [-0.1, -0.05) is 12.8 Å². The fourth-order valence-corrected chi connectivity index (χ4v) is 2.15. The minimum absolute atomic E-state index is 0.0424. The summed E-state index contributed by atoms with van der Waals surface area (Å²) in [6, 6.07) is 4.02. The molecule has 1 rings (SSSR count). The van der Waals surface area contributed by atoms with Gasteiger partial charge >= 0.3 is 0 Å². The van der Waals surface area contributed by atoms with Crippen LogP contribution in [0.5, 0.6) is 11.5 Å². The minimum Gasteiger partial charge on any atom is -0.493 e. The first-order valence-electron chi connectivity index (χ1n) is 6.31. The number of halogens is 1.